The predicted molar refractivity (Wildman–Crippen MR) is 119 cm³/mol. The molecule has 1 aromatic carbocycles. The van der Waals surface area contributed by atoms with E-state index in [0.29, 0.717) is 13.1 Å². The molecule has 2 aliphatic rings. The second-order valence-electron chi connectivity index (χ2n) is 9.15. The van der Waals surface area contributed by atoms with Crippen molar-refractivity contribution in [2.24, 2.45) is 0 Å². The van der Waals surface area contributed by atoms with Crippen LogP contribution in [-0.2, 0) is 14.3 Å². The van der Waals surface area contributed by atoms with E-state index < -0.39 is 5.60 Å². The van der Waals surface area contributed by atoms with Crippen molar-refractivity contribution in [2.75, 3.05) is 51.3 Å². The molecule has 0 bridgehead atoms. The molecule has 0 unspecified atom stereocenters. The molecule has 0 radical (unpaired) electrons. The van der Waals surface area contributed by atoms with Gasteiger partial charge in [0.05, 0.1) is 19.7 Å². The van der Waals surface area contributed by atoms with Crippen LogP contribution in [0.1, 0.15) is 34.1 Å². The summed E-state index contributed by atoms with van der Waals surface area (Å²) in [6.45, 7) is 11.5. The largest absolute Gasteiger partial charge is 0.497 e. The Hall–Kier alpha value is -2.48. The second kappa shape index (κ2) is 9.77. The fraction of sp³-hybridized carbons (Fsp3) is 0.652. The van der Waals surface area contributed by atoms with Gasteiger partial charge in [0.25, 0.3) is 0 Å². The number of likely N-dealkylation sites (tertiary alicyclic amines) is 1. The van der Waals surface area contributed by atoms with Crippen LogP contribution in [0.5, 0.6) is 5.75 Å². The number of anilines is 1. The van der Waals surface area contributed by atoms with Crippen LogP contribution < -0.4 is 9.64 Å². The van der Waals surface area contributed by atoms with Crippen molar-refractivity contribution < 1.29 is 23.8 Å². The van der Waals surface area contributed by atoms with Gasteiger partial charge in [-0.25, -0.2) is 4.79 Å². The van der Waals surface area contributed by atoms with Crippen LogP contribution in [0.25, 0.3) is 0 Å². The average molecular weight is 434 g/mol. The Bertz CT molecular complexity index is 753. The zero-order chi connectivity index (χ0) is 22.6. The van der Waals surface area contributed by atoms with E-state index >= 15 is 0 Å². The normalized spacial score (nSPS) is 22.7. The monoisotopic (exact) mass is 433 g/mol. The van der Waals surface area contributed by atoms with Crippen molar-refractivity contribution in [3.05, 3.63) is 24.3 Å². The van der Waals surface area contributed by atoms with E-state index in [1.54, 1.807) is 12.0 Å². The standard InChI is InChI=1S/C23H35N3O5/c1-17(27)30-21-16-26(22(28)31-23(2,3)4)11-10-20(21)25-14-12-24(13-15-25)18-6-8-19(29-5)9-7-18/h6-9,20-21H,10-16H2,1-5H3/t20-,21-/m1/s1. The summed E-state index contributed by atoms with van der Waals surface area (Å²) in [6.07, 6.45) is 0.0402. The number of carbonyl (C=O) groups is 2. The number of carbonyl (C=O) groups excluding carboxylic acids is 2. The third-order valence-corrected chi connectivity index (χ3v) is 5.71. The van der Waals surface area contributed by atoms with E-state index in [0.717, 1.165) is 38.3 Å². The van der Waals surface area contributed by atoms with Crippen molar-refractivity contribution in [3.63, 3.8) is 0 Å². The number of methoxy groups -OCH3 is 1. The lowest BCUT2D eigenvalue weighted by Gasteiger charge is -2.46. The zero-order valence-electron chi connectivity index (χ0n) is 19.3. The highest BCUT2D eigenvalue weighted by molar-refractivity contribution is 5.69. The molecule has 2 saturated heterocycles. The van der Waals surface area contributed by atoms with Gasteiger partial charge in [0.15, 0.2) is 0 Å². The first-order valence-corrected chi connectivity index (χ1v) is 10.9. The second-order valence-corrected chi connectivity index (χ2v) is 9.15. The first kappa shape index (κ1) is 23.2. The lowest BCUT2D eigenvalue weighted by Crippen LogP contribution is -2.60. The summed E-state index contributed by atoms with van der Waals surface area (Å²) < 4.78 is 16.4. The minimum Gasteiger partial charge on any atom is -0.497 e. The smallest absolute Gasteiger partial charge is 0.410 e. The zero-order valence-corrected chi connectivity index (χ0v) is 19.3. The maximum absolute atomic E-state index is 12.5. The molecule has 2 fully saturated rings. The number of hydrogen-bond acceptors (Lipinski definition) is 7. The Balaban J connectivity index is 1.60. The molecule has 172 valence electrons. The molecule has 0 aliphatic carbocycles. The van der Waals surface area contributed by atoms with Gasteiger partial charge in [0.1, 0.15) is 17.5 Å². The van der Waals surface area contributed by atoms with Crippen LogP contribution in [0.15, 0.2) is 24.3 Å². The number of ether oxygens (including phenoxy) is 3. The SMILES string of the molecule is COc1ccc(N2CCN([C@@H]3CCN(C(=O)OC(C)(C)C)C[C@H]3OC(C)=O)CC2)cc1. The number of rotatable bonds is 4. The van der Waals surface area contributed by atoms with Gasteiger partial charge in [-0.2, -0.15) is 0 Å². The summed E-state index contributed by atoms with van der Waals surface area (Å²) >= 11 is 0. The van der Waals surface area contributed by atoms with Crippen molar-refractivity contribution in [1.82, 2.24) is 9.80 Å². The van der Waals surface area contributed by atoms with Crippen molar-refractivity contribution in [1.29, 1.82) is 0 Å². The molecule has 8 heteroatoms. The number of hydrogen-bond donors (Lipinski definition) is 0. The third kappa shape index (κ3) is 6.26. The van der Waals surface area contributed by atoms with Crippen molar-refractivity contribution >= 4 is 17.7 Å². The van der Waals surface area contributed by atoms with Crippen molar-refractivity contribution in [2.45, 2.75) is 51.9 Å². The predicted octanol–water partition coefficient (Wildman–Crippen LogP) is 2.76. The molecule has 0 aromatic heterocycles. The van der Waals surface area contributed by atoms with Gasteiger partial charge in [-0.15, -0.1) is 0 Å². The highest BCUT2D eigenvalue weighted by atomic mass is 16.6. The molecule has 2 heterocycles. The highest BCUT2D eigenvalue weighted by Gasteiger charge is 2.39. The van der Waals surface area contributed by atoms with Crippen LogP contribution in [0.3, 0.4) is 0 Å². The van der Waals surface area contributed by atoms with Crippen LogP contribution in [0.4, 0.5) is 10.5 Å². The maximum Gasteiger partial charge on any atom is 0.410 e. The molecule has 2 atom stereocenters. The fourth-order valence-corrected chi connectivity index (χ4v) is 4.25. The van der Waals surface area contributed by atoms with Crippen LogP contribution in [0, 0.1) is 0 Å². The van der Waals surface area contributed by atoms with Gasteiger partial charge >= 0.3 is 12.1 Å². The van der Waals surface area contributed by atoms with Crippen LogP contribution in [-0.4, -0.2) is 86.0 Å². The summed E-state index contributed by atoms with van der Waals surface area (Å²) in [4.78, 5) is 30.6. The lowest BCUT2D eigenvalue weighted by atomic mass is 9.99. The number of esters is 1. The van der Waals surface area contributed by atoms with Crippen LogP contribution in [0.2, 0.25) is 0 Å². The first-order valence-electron chi connectivity index (χ1n) is 10.9. The van der Waals surface area contributed by atoms with Gasteiger partial charge in [-0.3, -0.25) is 9.69 Å². The van der Waals surface area contributed by atoms with E-state index in [2.05, 4.69) is 21.9 Å². The molecule has 1 amide bonds. The summed E-state index contributed by atoms with van der Waals surface area (Å²) in [7, 11) is 1.67. The average Bonchev–Trinajstić information content (AvgIpc) is 2.72. The molecule has 31 heavy (non-hydrogen) atoms. The summed E-state index contributed by atoms with van der Waals surface area (Å²) in [6, 6.07) is 8.21. The summed E-state index contributed by atoms with van der Waals surface area (Å²) in [5.41, 5.74) is 0.625. The molecule has 0 N–H and O–H groups in total. The van der Waals surface area contributed by atoms with E-state index in [1.807, 2.05) is 32.9 Å². The van der Waals surface area contributed by atoms with E-state index in [9.17, 15) is 9.59 Å². The molecule has 3 rings (SSSR count). The minimum absolute atomic E-state index is 0.0978. The van der Waals surface area contributed by atoms with Gasteiger partial charge < -0.3 is 24.0 Å². The molecular formula is C23H35N3O5. The van der Waals surface area contributed by atoms with Gasteiger partial charge in [0, 0.05) is 45.3 Å². The Morgan fingerprint density at radius 2 is 1.65 bits per heavy atom. The quantitative estimate of drug-likeness (QED) is 0.676. The molecule has 1 aromatic rings. The number of benzene rings is 1. The van der Waals surface area contributed by atoms with E-state index in [4.69, 9.17) is 14.2 Å². The van der Waals surface area contributed by atoms with Crippen LogP contribution >= 0.6 is 0 Å². The Morgan fingerprint density at radius 3 is 2.19 bits per heavy atom. The fourth-order valence-electron chi connectivity index (χ4n) is 4.25. The van der Waals surface area contributed by atoms with Gasteiger partial charge in [-0.1, -0.05) is 0 Å². The van der Waals surface area contributed by atoms with Gasteiger partial charge in [-0.05, 0) is 51.5 Å². The number of amides is 1. The Labute approximate surface area is 185 Å². The van der Waals surface area contributed by atoms with Crippen molar-refractivity contribution in [3.8, 4) is 5.75 Å². The molecule has 8 nitrogen and oxygen atoms in total. The summed E-state index contributed by atoms with van der Waals surface area (Å²) in [5.74, 6) is 0.529. The minimum atomic E-state index is -0.553. The maximum atomic E-state index is 12.5. The van der Waals surface area contributed by atoms with E-state index in [-0.39, 0.29) is 24.2 Å². The number of piperidine rings is 1. The highest BCUT2D eigenvalue weighted by Crippen LogP contribution is 2.25. The molecule has 0 spiro atoms. The molecule has 0 saturated carbocycles. The number of piperazine rings is 1. The molecule has 2 aliphatic heterocycles. The van der Waals surface area contributed by atoms with E-state index in [1.165, 1.54) is 12.6 Å². The topological polar surface area (TPSA) is 71.6 Å². The number of nitrogens with zero attached hydrogens (tertiary/aromatic N) is 3. The Kier molecular flexibility index (Phi) is 7.30. The lowest BCUT2D eigenvalue weighted by molar-refractivity contribution is -0.153. The Morgan fingerprint density at radius 1 is 1.00 bits per heavy atom. The van der Waals surface area contributed by atoms with Gasteiger partial charge in [0.2, 0.25) is 0 Å². The first-order chi connectivity index (χ1) is 14.7. The molecular weight excluding hydrogens is 398 g/mol. The summed E-state index contributed by atoms with van der Waals surface area (Å²) in [5, 5.41) is 0. The third-order valence-electron chi connectivity index (χ3n) is 5.71.